The lowest BCUT2D eigenvalue weighted by atomic mass is 10.1. The molecule has 174 valence electrons. The first kappa shape index (κ1) is 25.5. The van der Waals surface area contributed by atoms with Crippen molar-refractivity contribution >= 4 is 39.1 Å². The van der Waals surface area contributed by atoms with Crippen LogP contribution in [0.4, 0.5) is 5.69 Å². The number of benzene rings is 2. The van der Waals surface area contributed by atoms with E-state index >= 15 is 0 Å². The zero-order valence-electron chi connectivity index (χ0n) is 18.8. The fourth-order valence-electron chi connectivity index (χ4n) is 3.22. The van der Waals surface area contributed by atoms with Crippen LogP contribution in [0.25, 0.3) is 0 Å². The average Bonchev–Trinajstić information content (AvgIpc) is 2.74. The maximum absolute atomic E-state index is 13.4. The minimum atomic E-state index is -3.88. The molecule has 0 saturated carbocycles. The first-order chi connectivity index (χ1) is 15.0. The molecule has 0 aliphatic heterocycles. The van der Waals surface area contributed by atoms with Gasteiger partial charge in [-0.3, -0.25) is 13.9 Å². The second-order valence-corrected chi connectivity index (χ2v) is 9.67. The Hall–Kier alpha value is -2.78. The minimum Gasteiger partial charge on any atom is -0.495 e. The number of hydrogen-bond donors (Lipinski definition) is 1. The Morgan fingerprint density at radius 3 is 2.41 bits per heavy atom. The fraction of sp³-hybridized carbons (Fsp3) is 0.364. The maximum Gasteiger partial charge on any atom is 0.244 e. The number of ether oxygens (including phenoxy) is 1. The number of hydrogen-bond acceptors (Lipinski definition) is 5. The van der Waals surface area contributed by atoms with Crippen molar-refractivity contribution in [2.45, 2.75) is 26.4 Å². The molecule has 0 bridgehead atoms. The maximum atomic E-state index is 13.4. The summed E-state index contributed by atoms with van der Waals surface area (Å²) in [5.74, 6) is -0.660. The van der Waals surface area contributed by atoms with Crippen LogP contribution in [0, 0.1) is 6.92 Å². The van der Waals surface area contributed by atoms with Crippen molar-refractivity contribution in [2.24, 2.45) is 0 Å². The van der Waals surface area contributed by atoms with Crippen LogP contribution in [-0.4, -0.2) is 58.1 Å². The lowest BCUT2D eigenvalue weighted by Crippen LogP contribution is -2.50. The molecule has 0 fully saturated rings. The summed E-state index contributed by atoms with van der Waals surface area (Å²) in [4.78, 5) is 27.1. The fourth-order valence-corrected chi connectivity index (χ4v) is 4.23. The summed E-state index contributed by atoms with van der Waals surface area (Å²) in [7, 11) is -1.00. The standard InChI is InChI=1S/C22H28ClN3O5S/c1-15-8-6-7-9-17(15)13-25(16(2)22(28)24-3)21(27)14-26(32(5,29)30)19-12-18(23)10-11-20(19)31-4/h6-12,16H,13-14H2,1-5H3,(H,24,28). The van der Waals surface area contributed by atoms with Crippen LogP contribution in [0.2, 0.25) is 5.02 Å². The summed E-state index contributed by atoms with van der Waals surface area (Å²) in [6.07, 6.45) is 0.995. The summed E-state index contributed by atoms with van der Waals surface area (Å²) in [6, 6.07) is 11.2. The monoisotopic (exact) mass is 481 g/mol. The van der Waals surface area contributed by atoms with E-state index in [0.29, 0.717) is 0 Å². The highest BCUT2D eigenvalue weighted by molar-refractivity contribution is 7.92. The summed E-state index contributed by atoms with van der Waals surface area (Å²) in [5.41, 5.74) is 1.94. The molecule has 0 radical (unpaired) electrons. The number of carbonyl (C=O) groups excluding carboxylic acids is 2. The number of methoxy groups -OCH3 is 1. The van der Waals surface area contributed by atoms with Gasteiger partial charge in [-0.05, 0) is 43.2 Å². The Balaban J connectivity index is 2.47. The molecule has 1 unspecified atom stereocenters. The number of rotatable bonds is 9. The van der Waals surface area contributed by atoms with Gasteiger partial charge in [0.2, 0.25) is 21.8 Å². The highest BCUT2D eigenvalue weighted by atomic mass is 35.5. The van der Waals surface area contributed by atoms with Gasteiger partial charge in [-0.25, -0.2) is 8.42 Å². The molecule has 0 aliphatic carbocycles. The van der Waals surface area contributed by atoms with Gasteiger partial charge >= 0.3 is 0 Å². The van der Waals surface area contributed by atoms with Gasteiger partial charge in [-0.1, -0.05) is 35.9 Å². The van der Waals surface area contributed by atoms with Crippen LogP contribution >= 0.6 is 11.6 Å². The Morgan fingerprint density at radius 2 is 1.84 bits per heavy atom. The molecule has 2 rings (SSSR count). The van der Waals surface area contributed by atoms with Crippen molar-refractivity contribution in [3.63, 3.8) is 0 Å². The van der Waals surface area contributed by atoms with E-state index < -0.39 is 28.5 Å². The van der Waals surface area contributed by atoms with E-state index in [4.69, 9.17) is 16.3 Å². The predicted molar refractivity (Wildman–Crippen MR) is 125 cm³/mol. The lowest BCUT2D eigenvalue weighted by Gasteiger charge is -2.32. The molecule has 2 aromatic rings. The summed E-state index contributed by atoms with van der Waals surface area (Å²) >= 11 is 6.08. The summed E-state index contributed by atoms with van der Waals surface area (Å²) in [5, 5.41) is 2.83. The lowest BCUT2D eigenvalue weighted by molar-refractivity contribution is -0.139. The average molecular weight is 482 g/mol. The SMILES string of the molecule is CNC(=O)C(C)N(Cc1ccccc1C)C(=O)CN(c1cc(Cl)ccc1OC)S(C)(=O)=O. The van der Waals surface area contributed by atoms with E-state index in [1.54, 1.807) is 13.0 Å². The first-order valence-corrected chi connectivity index (χ1v) is 12.1. The van der Waals surface area contributed by atoms with Gasteiger partial charge < -0.3 is 15.0 Å². The van der Waals surface area contributed by atoms with Gasteiger partial charge in [0.15, 0.2) is 0 Å². The van der Waals surface area contributed by atoms with Crippen LogP contribution in [-0.2, 0) is 26.2 Å². The molecule has 0 heterocycles. The van der Waals surface area contributed by atoms with Crippen LogP contribution in [0.15, 0.2) is 42.5 Å². The number of nitrogens with one attached hydrogen (secondary N) is 1. The number of likely N-dealkylation sites (N-methyl/N-ethyl adjacent to an activating group) is 1. The van der Waals surface area contributed by atoms with Crippen molar-refractivity contribution in [2.75, 3.05) is 31.3 Å². The number of sulfonamides is 1. The molecule has 32 heavy (non-hydrogen) atoms. The van der Waals surface area contributed by atoms with E-state index in [9.17, 15) is 18.0 Å². The molecule has 0 spiro atoms. The second-order valence-electron chi connectivity index (χ2n) is 7.32. The van der Waals surface area contributed by atoms with Gasteiger partial charge in [-0.15, -0.1) is 0 Å². The smallest absolute Gasteiger partial charge is 0.244 e. The normalized spacial score (nSPS) is 12.1. The minimum absolute atomic E-state index is 0.138. The van der Waals surface area contributed by atoms with E-state index in [2.05, 4.69) is 5.32 Å². The third-order valence-corrected chi connectivity index (χ3v) is 6.47. The Labute approximate surface area is 194 Å². The Kier molecular flexibility index (Phi) is 8.51. The molecule has 10 heteroatoms. The number of carbonyl (C=O) groups is 2. The van der Waals surface area contributed by atoms with Gasteiger partial charge in [-0.2, -0.15) is 0 Å². The number of anilines is 1. The Morgan fingerprint density at radius 1 is 1.19 bits per heavy atom. The Bertz CT molecular complexity index is 1090. The first-order valence-electron chi connectivity index (χ1n) is 9.86. The van der Waals surface area contributed by atoms with Gasteiger partial charge in [0, 0.05) is 18.6 Å². The molecule has 2 amide bonds. The van der Waals surface area contributed by atoms with Crippen LogP contribution in [0.3, 0.4) is 0 Å². The van der Waals surface area contributed by atoms with Crippen molar-refractivity contribution in [3.05, 3.63) is 58.6 Å². The molecule has 0 saturated heterocycles. The zero-order chi connectivity index (χ0) is 24.1. The van der Waals surface area contributed by atoms with Crippen LogP contribution < -0.4 is 14.4 Å². The van der Waals surface area contributed by atoms with Crippen molar-refractivity contribution < 1.29 is 22.7 Å². The molecule has 1 atom stereocenters. The number of halogens is 1. The molecule has 0 aliphatic rings. The van der Waals surface area contributed by atoms with Gasteiger partial charge in [0.05, 0.1) is 19.1 Å². The number of aryl methyl sites for hydroxylation is 1. The highest BCUT2D eigenvalue weighted by Gasteiger charge is 2.31. The van der Waals surface area contributed by atoms with E-state index in [1.807, 2.05) is 31.2 Å². The van der Waals surface area contributed by atoms with Crippen molar-refractivity contribution in [1.82, 2.24) is 10.2 Å². The van der Waals surface area contributed by atoms with E-state index in [-0.39, 0.29) is 28.9 Å². The molecular weight excluding hydrogens is 454 g/mol. The van der Waals surface area contributed by atoms with E-state index in [1.165, 1.54) is 31.2 Å². The number of amides is 2. The molecular formula is C22H28ClN3O5S. The summed E-state index contributed by atoms with van der Waals surface area (Å²) in [6.45, 7) is 3.12. The third kappa shape index (κ3) is 6.14. The van der Waals surface area contributed by atoms with Gasteiger partial charge in [0.25, 0.3) is 0 Å². The zero-order valence-corrected chi connectivity index (χ0v) is 20.3. The summed E-state index contributed by atoms with van der Waals surface area (Å²) < 4.78 is 31.4. The molecule has 2 aromatic carbocycles. The highest BCUT2D eigenvalue weighted by Crippen LogP contribution is 2.33. The molecule has 1 N–H and O–H groups in total. The van der Waals surface area contributed by atoms with Crippen molar-refractivity contribution in [1.29, 1.82) is 0 Å². The molecule has 8 nitrogen and oxygen atoms in total. The largest absolute Gasteiger partial charge is 0.495 e. The van der Waals surface area contributed by atoms with Crippen molar-refractivity contribution in [3.8, 4) is 5.75 Å². The second kappa shape index (κ2) is 10.7. The molecule has 0 aromatic heterocycles. The van der Waals surface area contributed by atoms with Gasteiger partial charge in [0.1, 0.15) is 18.3 Å². The van der Waals surface area contributed by atoms with E-state index in [0.717, 1.165) is 21.7 Å². The number of nitrogens with zero attached hydrogens (tertiary/aromatic N) is 2. The third-order valence-electron chi connectivity index (χ3n) is 5.10. The quantitative estimate of drug-likeness (QED) is 0.594. The predicted octanol–water partition coefficient (Wildman–Crippen LogP) is 2.59. The van der Waals surface area contributed by atoms with Crippen LogP contribution in [0.5, 0.6) is 5.75 Å². The van der Waals surface area contributed by atoms with Crippen LogP contribution in [0.1, 0.15) is 18.1 Å². The topological polar surface area (TPSA) is 96.0 Å².